The molecule has 144 valence electrons. The summed E-state index contributed by atoms with van der Waals surface area (Å²) < 4.78 is 0. The number of carboxylic acids is 1. The normalized spacial score (nSPS) is 17.8. The van der Waals surface area contributed by atoms with Crippen LogP contribution in [0.4, 0.5) is 5.82 Å². The van der Waals surface area contributed by atoms with Gasteiger partial charge in [0.1, 0.15) is 11.4 Å². The third kappa shape index (κ3) is 5.10. The standard InChI is InChI=1S/C17H27BClN3O4/c1-12-10-14(19)15(21-11-12)22-8-4-13(5-9-22)17(20,16(23)24)6-2-3-7-18(25)26/h10-11,13,25-26H,2-9,20H2,1H3,(H,23,24). The molecule has 2 heterocycles. The quantitative estimate of drug-likeness (QED) is 0.398. The number of hydrogen-bond donors (Lipinski definition) is 4. The van der Waals surface area contributed by atoms with Crippen LogP contribution in [0.1, 0.15) is 37.7 Å². The Morgan fingerprint density at radius 2 is 2.08 bits per heavy atom. The summed E-state index contributed by atoms with van der Waals surface area (Å²) in [5.41, 5.74) is 5.98. The Kier molecular flexibility index (Phi) is 7.28. The molecule has 9 heteroatoms. The van der Waals surface area contributed by atoms with Gasteiger partial charge < -0.3 is 25.8 Å². The minimum Gasteiger partial charge on any atom is -0.480 e. The van der Waals surface area contributed by atoms with Crippen LogP contribution in [-0.2, 0) is 4.79 Å². The highest BCUT2D eigenvalue weighted by Crippen LogP contribution is 2.34. The molecule has 0 amide bonds. The molecule has 1 aromatic rings. The van der Waals surface area contributed by atoms with Gasteiger partial charge in [-0.15, -0.1) is 0 Å². The van der Waals surface area contributed by atoms with Crippen LogP contribution < -0.4 is 10.6 Å². The Bertz CT molecular complexity index is 626. The van der Waals surface area contributed by atoms with Gasteiger partial charge in [-0.1, -0.05) is 24.4 Å². The van der Waals surface area contributed by atoms with Crippen molar-refractivity contribution < 1.29 is 19.9 Å². The third-order valence-electron chi connectivity index (χ3n) is 5.18. The molecule has 0 aromatic carbocycles. The third-order valence-corrected chi connectivity index (χ3v) is 5.46. The van der Waals surface area contributed by atoms with E-state index in [0.717, 1.165) is 11.4 Å². The highest BCUT2D eigenvalue weighted by molar-refractivity contribution is 6.40. The number of aromatic nitrogens is 1. The van der Waals surface area contributed by atoms with Gasteiger partial charge in [-0.05, 0) is 50.1 Å². The monoisotopic (exact) mass is 383 g/mol. The first-order chi connectivity index (χ1) is 12.2. The Balaban J connectivity index is 1.97. The number of pyridine rings is 1. The number of aliphatic carboxylic acids is 1. The van der Waals surface area contributed by atoms with Crippen molar-refractivity contribution in [2.24, 2.45) is 11.7 Å². The molecule has 0 bridgehead atoms. The van der Waals surface area contributed by atoms with Gasteiger partial charge in [-0.3, -0.25) is 4.79 Å². The molecular weight excluding hydrogens is 356 g/mol. The second kappa shape index (κ2) is 9.04. The predicted molar refractivity (Wildman–Crippen MR) is 102 cm³/mol. The minimum atomic E-state index is -1.36. The van der Waals surface area contributed by atoms with Gasteiger partial charge in [0, 0.05) is 19.3 Å². The number of carboxylic acid groups (broad SMARTS) is 1. The number of aryl methyl sites for hydroxylation is 1. The van der Waals surface area contributed by atoms with Gasteiger partial charge in [0.15, 0.2) is 0 Å². The number of piperidine rings is 1. The van der Waals surface area contributed by atoms with Crippen molar-refractivity contribution in [3.05, 3.63) is 22.8 Å². The molecule has 1 atom stereocenters. The van der Waals surface area contributed by atoms with Crippen molar-refractivity contribution in [1.29, 1.82) is 0 Å². The summed E-state index contributed by atoms with van der Waals surface area (Å²) in [6, 6.07) is 1.87. The maximum Gasteiger partial charge on any atom is 0.451 e. The first-order valence-electron chi connectivity index (χ1n) is 8.99. The molecule has 0 radical (unpaired) electrons. The first kappa shape index (κ1) is 21.0. The number of nitrogens with two attached hydrogens (primary N) is 1. The molecule has 2 rings (SSSR count). The Morgan fingerprint density at radius 1 is 1.42 bits per heavy atom. The van der Waals surface area contributed by atoms with E-state index in [4.69, 9.17) is 27.4 Å². The van der Waals surface area contributed by atoms with Crippen LogP contribution in [0.3, 0.4) is 0 Å². The molecule has 0 spiro atoms. The summed E-state index contributed by atoms with van der Waals surface area (Å²) >= 11 is 6.29. The summed E-state index contributed by atoms with van der Waals surface area (Å²) in [4.78, 5) is 18.3. The number of hydrogen-bond acceptors (Lipinski definition) is 6. The molecule has 0 saturated carbocycles. The lowest BCUT2D eigenvalue weighted by Gasteiger charge is -2.40. The van der Waals surface area contributed by atoms with Crippen molar-refractivity contribution in [2.75, 3.05) is 18.0 Å². The molecule has 1 aromatic heterocycles. The van der Waals surface area contributed by atoms with Gasteiger partial charge in [-0.2, -0.15) is 0 Å². The Morgan fingerprint density at radius 3 is 2.62 bits per heavy atom. The molecule has 1 aliphatic heterocycles. The largest absolute Gasteiger partial charge is 0.480 e. The molecule has 26 heavy (non-hydrogen) atoms. The summed E-state index contributed by atoms with van der Waals surface area (Å²) in [7, 11) is -1.36. The molecule has 1 saturated heterocycles. The molecular formula is C17H27BClN3O4. The zero-order chi connectivity index (χ0) is 19.3. The maximum absolute atomic E-state index is 11.8. The molecule has 1 unspecified atom stereocenters. The number of unbranched alkanes of at least 4 members (excludes halogenated alkanes) is 1. The number of carbonyl (C=O) groups is 1. The van der Waals surface area contributed by atoms with Crippen molar-refractivity contribution >= 4 is 30.5 Å². The Labute approximate surface area is 159 Å². The average molecular weight is 384 g/mol. The fraction of sp³-hybridized carbons (Fsp3) is 0.647. The number of anilines is 1. The number of nitrogens with zero attached hydrogens (tertiary/aromatic N) is 2. The maximum atomic E-state index is 11.8. The van der Waals surface area contributed by atoms with Crippen LogP contribution in [0.25, 0.3) is 0 Å². The van der Waals surface area contributed by atoms with E-state index in [-0.39, 0.29) is 12.2 Å². The lowest BCUT2D eigenvalue weighted by Crippen LogP contribution is -2.57. The van der Waals surface area contributed by atoms with Crippen LogP contribution >= 0.6 is 11.6 Å². The van der Waals surface area contributed by atoms with Crippen LogP contribution in [0.5, 0.6) is 0 Å². The van der Waals surface area contributed by atoms with E-state index in [1.165, 1.54) is 0 Å². The van der Waals surface area contributed by atoms with Crippen molar-refractivity contribution in [1.82, 2.24) is 4.98 Å². The van der Waals surface area contributed by atoms with E-state index >= 15 is 0 Å². The number of rotatable bonds is 8. The van der Waals surface area contributed by atoms with Crippen LogP contribution in [0.2, 0.25) is 11.3 Å². The van der Waals surface area contributed by atoms with E-state index in [1.54, 1.807) is 6.20 Å². The summed E-state index contributed by atoms with van der Waals surface area (Å²) in [6.45, 7) is 3.24. The second-order valence-corrected chi connectivity index (χ2v) is 7.56. The van der Waals surface area contributed by atoms with E-state index in [1.807, 2.05) is 13.0 Å². The zero-order valence-corrected chi connectivity index (χ0v) is 15.8. The van der Waals surface area contributed by atoms with Crippen LogP contribution in [0.15, 0.2) is 12.3 Å². The second-order valence-electron chi connectivity index (χ2n) is 7.15. The van der Waals surface area contributed by atoms with Gasteiger partial charge in [0.2, 0.25) is 0 Å². The van der Waals surface area contributed by atoms with Gasteiger partial charge in [-0.25, -0.2) is 4.98 Å². The summed E-state index contributed by atoms with van der Waals surface area (Å²) in [6.07, 6.45) is 4.70. The van der Waals surface area contributed by atoms with Crippen LogP contribution in [-0.4, -0.2) is 51.9 Å². The summed E-state index contributed by atoms with van der Waals surface area (Å²) in [5.74, 6) is -0.405. The lowest BCUT2D eigenvalue weighted by molar-refractivity contribution is -0.146. The molecule has 1 fully saturated rings. The molecule has 1 aliphatic rings. The smallest absolute Gasteiger partial charge is 0.451 e. The Hall–Kier alpha value is -1.35. The van der Waals surface area contributed by atoms with E-state index in [2.05, 4.69) is 9.88 Å². The fourth-order valence-electron chi connectivity index (χ4n) is 3.60. The first-order valence-corrected chi connectivity index (χ1v) is 9.37. The van der Waals surface area contributed by atoms with Crippen molar-refractivity contribution in [2.45, 2.75) is 50.9 Å². The van der Waals surface area contributed by atoms with Gasteiger partial charge in [0.25, 0.3) is 0 Å². The van der Waals surface area contributed by atoms with E-state index in [9.17, 15) is 9.90 Å². The fourth-order valence-corrected chi connectivity index (χ4v) is 3.94. The SMILES string of the molecule is Cc1cnc(N2CCC(C(N)(CCCCB(O)O)C(=O)O)CC2)c(Cl)c1. The average Bonchev–Trinajstić information content (AvgIpc) is 2.58. The molecule has 0 aliphatic carbocycles. The zero-order valence-electron chi connectivity index (χ0n) is 15.1. The number of halogens is 1. The molecule has 5 N–H and O–H groups in total. The molecule has 7 nitrogen and oxygen atoms in total. The van der Waals surface area contributed by atoms with Gasteiger partial charge in [0.05, 0.1) is 5.02 Å². The highest BCUT2D eigenvalue weighted by atomic mass is 35.5. The highest BCUT2D eigenvalue weighted by Gasteiger charge is 2.43. The van der Waals surface area contributed by atoms with E-state index < -0.39 is 18.6 Å². The predicted octanol–water partition coefficient (Wildman–Crippen LogP) is 1.69. The van der Waals surface area contributed by atoms with Crippen LogP contribution in [0, 0.1) is 12.8 Å². The summed E-state index contributed by atoms with van der Waals surface area (Å²) in [5, 5.41) is 28.1. The topological polar surface area (TPSA) is 120 Å². The van der Waals surface area contributed by atoms with Gasteiger partial charge >= 0.3 is 13.1 Å². The van der Waals surface area contributed by atoms with Crippen molar-refractivity contribution in [3.8, 4) is 0 Å². The lowest BCUT2D eigenvalue weighted by atomic mass is 9.74. The minimum absolute atomic E-state index is 0.139. The van der Waals surface area contributed by atoms with E-state index in [0.29, 0.717) is 50.2 Å². The van der Waals surface area contributed by atoms with Crippen molar-refractivity contribution in [3.63, 3.8) is 0 Å².